The van der Waals surface area contributed by atoms with Gasteiger partial charge in [0, 0.05) is 63.0 Å². The van der Waals surface area contributed by atoms with Gasteiger partial charge in [0.05, 0.1) is 17.6 Å². The van der Waals surface area contributed by atoms with E-state index >= 15 is 0 Å². The van der Waals surface area contributed by atoms with E-state index in [0.29, 0.717) is 25.2 Å². The fourth-order valence-electron chi connectivity index (χ4n) is 3.83. The van der Waals surface area contributed by atoms with Crippen LogP contribution in [0.4, 0.5) is 10.5 Å². The van der Waals surface area contributed by atoms with Gasteiger partial charge < -0.3 is 19.7 Å². The molecule has 1 saturated heterocycles. The van der Waals surface area contributed by atoms with Crippen molar-refractivity contribution in [3.8, 4) is 0 Å². The lowest BCUT2D eigenvalue weighted by atomic mass is 10.2. The van der Waals surface area contributed by atoms with E-state index in [-0.39, 0.29) is 11.9 Å². The van der Waals surface area contributed by atoms with Crippen molar-refractivity contribution in [2.45, 2.75) is 6.54 Å². The van der Waals surface area contributed by atoms with Crippen molar-refractivity contribution >= 4 is 44.6 Å². The molecular formula is C23H27BrN6O2. The molecule has 0 bridgehead atoms. The first-order chi connectivity index (χ1) is 15.3. The first-order valence-corrected chi connectivity index (χ1v) is 11.3. The number of urea groups is 1. The molecule has 1 aliphatic rings. The van der Waals surface area contributed by atoms with Crippen LogP contribution in [-0.4, -0.2) is 76.5 Å². The number of nitrogens with one attached hydrogen (secondary N) is 1. The topological polar surface area (TPSA) is 73.7 Å². The van der Waals surface area contributed by atoms with Gasteiger partial charge in [0.2, 0.25) is 0 Å². The number of nitrogens with zero attached hydrogens (tertiary/aromatic N) is 5. The average molecular weight is 499 g/mol. The number of hydrogen-bond acceptors (Lipinski definition) is 4. The first kappa shape index (κ1) is 22.3. The molecule has 0 spiro atoms. The molecular weight excluding hydrogens is 472 g/mol. The number of amides is 3. The van der Waals surface area contributed by atoms with E-state index in [0.717, 1.165) is 40.1 Å². The van der Waals surface area contributed by atoms with Crippen molar-refractivity contribution in [2.75, 3.05) is 45.6 Å². The first-order valence-electron chi connectivity index (χ1n) is 10.5. The standard InChI is InChI=1S/C23H27BrN6O2/c1-27(2)22(31)16-4-9-20-19(14-16)26-21(28(20)3)15-29-10-12-30(13-11-29)23(32)25-18-7-5-17(24)6-8-18/h4-9,14H,10-13,15H2,1-3H3,(H,25,32). The van der Waals surface area contributed by atoms with Crippen LogP contribution in [0.3, 0.4) is 0 Å². The number of imidazole rings is 1. The predicted octanol–water partition coefficient (Wildman–Crippen LogP) is 3.39. The summed E-state index contributed by atoms with van der Waals surface area (Å²) in [5.41, 5.74) is 3.25. The Morgan fingerprint density at radius 2 is 1.75 bits per heavy atom. The van der Waals surface area contributed by atoms with Crippen molar-refractivity contribution in [1.82, 2.24) is 24.3 Å². The highest BCUT2D eigenvalue weighted by atomic mass is 79.9. The van der Waals surface area contributed by atoms with Crippen molar-refractivity contribution in [3.63, 3.8) is 0 Å². The van der Waals surface area contributed by atoms with Crippen LogP contribution in [0.5, 0.6) is 0 Å². The Hall–Kier alpha value is -2.91. The molecule has 0 unspecified atom stereocenters. The summed E-state index contributed by atoms with van der Waals surface area (Å²) in [6.45, 7) is 3.58. The second-order valence-electron chi connectivity index (χ2n) is 8.19. The maximum Gasteiger partial charge on any atom is 0.321 e. The smallest absolute Gasteiger partial charge is 0.321 e. The minimum atomic E-state index is -0.0761. The molecule has 1 aliphatic heterocycles. The molecule has 1 N–H and O–H groups in total. The molecule has 32 heavy (non-hydrogen) atoms. The van der Waals surface area contributed by atoms with Crippen molar-refractivity contribution in [2.24, 2.45) is 7.05 Å². The molecule has 4 rings (SSSR count). The zero-order valence-electron chi connectivity index (χ0n) is 18.5. The second-order valence-corrected chi connectivity index (χ2v) is 9.11. The molecule has 3 amide bonds. The number of carbonyl (C=O) groups excluding carboxylic acids is 2. The highest BCUT2D eigenvalue weighted by Gasteiger charge is 2.23. The Morgan fingerprint density at radius 3 is 2.41 bits per heavy atom. The number of hydrogen-bond donors (Lipinski definition) is 1. The molecule has 2 aromatic carbocycles. The Bertz CT molecular complexity index is 1130. The summed E-state index contributed by atoms with van der Waals surface area (Å²) in [5, 5.41) is 2.95. The van der Waals surface area contributed by atoms with Gasteiger partial charge in [-0.15, -0.1) is 0 Å². The van der Waals surface area contributed by atoms with Crippen LogP contribution in [0.25, 0.3) is 11.0 Å². The lowest BCUT2D eigenvalue weighted by molar-refractivity contribution is 0.0827. The fourth-order valence-corrected chi connectivity index (χ4v) is 4.09. The van der Waals surface area contributed by atoms with E-state index in [1.807, 2.05) is 54.4 Å². The highest BCUT2D eigenvalue weighted by molar-refractivity contribution is 9.10. The number of anilines is 1. The number of fused-ring (bicyclic) bond motifs is 1. The molecule has 1 aromatic heterocycles. The van der Waals surface area contributed by atoms with Gasteiger partial charge in [-0.05, 0) is 42.5 Å². The number of aromatic nitrogens is 2. The third-order valence-corrected chi connectivity index (χ3v) is 6.28. The van der Waals surface area contributed by atoms with Gasteiger partial charge in [-0.25, -0.2) is 9.78 Å². The van der Waals surface area contributed by atoms with E-state index in [2.05, 4.69) is 30.7 Å². The summed E-state index contributed by atoms with van der Waals surface area (Å²) in [6, 6.07) is 13.1. The Balaban J connectivity index is 1.37. The third-order valence-electron chi connectivity index (χ3n) is 5.75. The van der Waals surface area contributed by atoms with E-state index in [1.165, 1.54) is 0 Å². The van der Waals surface area contributed by atoms with E-state index < -0.39 is 0 Å². The van der Waals surface area contributed by atoms with Crippen LogP contribution in [0, 0.1) is 0 Å². The van der Waals surface area contributed by atoms with Crippen LogP contribution in [0.1, 0.15) is 16.2 Å². The number of piperazine rings is 1. The van der Waals surface area contributed by atoms with Gasteiger partial charge in [-0.1, -0.05) is 15.9 Å². The zero-order valence-corrected chi connectivity index (χ0v) is 20.1. The molecule has 2 heterocycles. The quantitative estimate of drug-likeness (QED) is 0.598. The van der Waals surface area contributed by atoms with E-state index in [4.69, 9.17) is 4.98 Å². The van der Waals surface area contributed by atoms with Crippen LogP contribution in [-0.2, 0) is 13.6 Å². The number of benzene rings is 2. The van der Waals surface area contributed by atoms with Crippen LogP contribution in [0.2, 0.25) is 0 Å². The maximum absolute atomic E-state index is 12.6. The monoisotopic (exact) mass is 498 g/mol. The Labute approximate surface area is 195 Å². The van der Waals surface area contributed by atoms with Gasteiger partial charge in [0.15, 0.2) is 0 Å². The van der Waals surface area contributed by atoms with Gasteiger partial charge >= 0.3 is 6.03 Å². The van der Waals surface area contributed by atoms with Gasteiger partial charge in [0.1, 0.15) is 5.82 Å². The summed E-state index contributed by atoms with van der Waals surface area (Å²) in [7, 11) is 5.49. The van der Waals surface area contributed by atoms with Crippen LogP contribution in [0.15, 0.2) is 46.9 Å². The molecule has 9 heteroatoms. The molecule has 0 saturated carbocycles. The van der Waals surface area contributed by atoms with Crippen LogP contribution < -0.4 is 5.32 Å². The Morgan fingerprint density at radius 1 is 1.06 bits per heavy atom. The molecule has 168 valence electrons. The molecule has 1 fully saturated rings. The van der Waals surface area contributed by atoms with Crippen molar-refractivity contribution in [3.05, 3.63) is 58.3 Å². The Kier molecular flexibility index (Phi) is 6.48. The molecule has 0 radical (unpaired) electrons. The molecule has 0 aliphatic carbocycles. The molecule has 8 nitrogen and oxygen atoms in total. The number of aryl methyl sites for hydroxylation is 1. The van der Waals surface area contributed by atoms with E-state index in [9.17, 15) is 9.59 Å². The molecule has 0 atom stereocenters. The summed E-state index contributed by atoms with van der Waals surface area (Å²) in [5.74, 6) is 0.916. The normalized spacial score (nSPS) is 14.6. The second kappa shape index (κ2) is 9.30. The lowest BCUT2D eigenvalue weighted by Crippen LogP contribution is -2.49. The number of halogens is 1. The predicted molar refractivity (Wildman–Crippen MR) is 129 cm³/mol. The number of rotatable bonds is 4. The van der Waals surface area contributed by atoms with Crippen molar-refractivity contribution < 1.29 is 9.59 Å². The van der Waals surface area contributed by atoms with Gasteiger partial charge in [-0.3, -0.25) is 9.69 Å². The summed E-state index contributed by atoms with van der Waals surface area (Å²) >= 11 is 3.40. The molecule has 3 aromatic rings. The summed E-state index contributed by atoms with van der Waals surface area (Å²) in [6.07, 6.45) is 0. The average Bonchev–Trinajstić information content (AvgIpc) is 3.09. The maximum atomic E-state index is 12.6. The van der Waals surface area contributed by atoms with Gasteiger partial charge in [0.25, 0.3) is 5.91 Å². The highest BCUT2D eigenvalue weighted by Crippen LogP contribution is 2.20. The largest absolute Gasteiger partial charge is 0.345 e. The summed E-state index contributed by atoms with van der Waals surface area (Å²) in [4.78, 5) is 35.3. The van der Waals surface area contributed by atoms with Crippen molar-refractivity contribution in [1.29, 1.82) is 0 Å². The SMILES string of the molecule is CN(C)C(=O)c1ccc2c(c1)nc(CN1CCN(C(=O)Nc3ccc(Br)cc3)CC1)n2C. The lowest BCUT2D eigenvalue weighted by Gasteiger charge is -2.34. The summed E-state index contributed by atoms with van der Waals surface area (Å²) < 4.78 is 3.05. The van der Waals surface area contributed by atoms with E-state index in [1.54, 1.807) is 19.0 Å². The minimum Gasteiger partial charge on any atom is -0.345 e. The zero-order chi connectivity index (χ0) is 22.8. The third kappa shape index (κ3) is 4.78. The fraction of sp³-hybridized carbons (Fsp3) is 0.348. The van der Waals surface area contributed by atoms with Gasteiger partial charge in [-0.2, -0.15) is 0 Å². The van der Waals surface area contributed by atoms with Crippen LogP contribution >= 0.6 is 15.9 Å². The minimum absolute atomic E-state index is 0.0309. The number of carbonyl (C=O) groups is 2.